The Hall–Kier alpha value is -2.38. The average Bonchev–Trinajstić information content (AvgIpc) is 3.08. The highest BCUT2D eigenvalue weighted by molar-refractivity contribution is 7.89. The van der Waals surface area contributed by atoms with Crippen LogP contribution < -0.4 is 0 Å². The Bertz CT molecular complexity index is 1030. The molecule has 30 heavy (non-hydrogen) atoms. The second-order valence-electron chi connectivity index (χ2n) is 8.29. The lowest BCUT2D eigenvalue weighted by Gasteiger charge is -2.36. The summed E-state index contributed by atoms with van der Waals surface area (Å²) in [5.74, 6) is 0. The number of rotatable bonds is 5. The fraction of sp³-hybridized carbons (Fsp3) is 0.435. The summed E-state index contributed by atoms with van der Waals surface area (Å²) in [7, 11) is -3.49. The van der Waals surface area contributed by atoms with E-state index < -0.39 is 10.0 Å². The SMILES string of the molecule is Cc1cccc(CN2CCN(C3CCN(S(=O)(=O)c4ccccc4C)CC3)C2=O)c1. The van der Waals surface area contributed by atoms with E-state index in [9.17, 15) is 13.2 Å². The van der Waals surface area contributed by atoms with Crippen molar-refractivity contribution in [3.05, 3.63) is 65.2 Å². The average molecular weight is 428 g/mol. The van der Waals surface area contributed by atoms with Gasteiger partial charge in [-0.2, -0.15) is 4.31 Å². The molecule has 0 aliphatic carbocycles. The quantitative estimate of drug-likeness (QED) is 0.735. The summed E-state index contributed by atoms with van der Waals surface area (Å²) in [6.07, 6.45) is 1.35. The van der Waals surface area contributed by atoms with Crippen molar-refractivity contribution in [3.63, 3.8) is 0 Å². The Morgan fingerprint density at radius 2 is 1.67 bits per heavy atom. The van der Waals surface area contributed by atoms with Crippen LogP contribution in [0.5, 0.6) is 0 Å². The molecule has 2 heterocycles. The molecule has 2 saturated heterocycles. The minimum absolute atomic E-state index is 0.0664. The summed E-state index contributed by atoms with van der Waals surface area (Å²) >= 11 is 0. The van der Waals surface area contributed by atoms with Crippen LogP contribution >= 0.6 is 0 Å². The largest absolute Gasteiger partial charge is 0.320 e. The van der Waals surface area contributed by atoms with Gasteiger partial charge in [0.15, 0.2) is 0 Å². The maximum absolute atomic E-state index is 13.0. The van der Waals surface area contributed by atoms with Crippen molar-refractivity contribution >= 4 is 16.1 Å². The number of nitrogens with zero attached hydrogens (tertiary/aromatic N) is 3. The topological polar surface area (TPSA) is 60.9 Å². The van der Waals surface area contributed by atoms with E-state index in [4.69, 9.17) is 0 Å². The number of carbonyl (C=O) groups is 1. The highest BCUT2D eigenvalue weighted by Gasteiger charge is 2.37. The molecule has 0 N–H and O–H groups in total. The van der Waals surface area contributed by atoms with Crippen LogP contribution in [0.4, 0.5) is 4.79 Å². The van der Waals surface area contributed by atoms with E-state index in [2.05, 4.69) is 25.1 Å². The molecule has 160 valence electrons. The Morgan fingerprint density at radius 1 is 0.933 bits per heavy atom. The van der Waals surface area contributed by atoms with Crippen LogP contribution in [0, 0.1) is 13.8 Å². The maximum Gasteiger partial charge on any atom is 0.320 e. The number of carbonyl (C=O) groups excluding carboxylic acids is 1. The van der Waals surface area contributed by atoms with Gasteiger partial charge in [-0.05, 0) is 43.9 Å². The third-order valence-electron chi connectivity index (χ3n) is 6.16. The third-order valence-corrected chi connectivity index (χ3v) is 8.22. The number of hydrogen-bond donors (Lipinski definition) is 0. The predicted molar refractivity (Wildman–Crippen MR) is 117 cm³/mol. The Morgan fingerprint density at radius 3 is 2.37 bits per heavy atom. The smallest absolute Gasteiger partial charge is 0.320 e. The summed E-state index contributed by atoms with van der Waals surface area (Å²) < 4.78 is 27.6. The number of benzene rings is 2. The third kappa shape index (κ3) is 4.09. The molecule has 2 aromatic rings. The lowest BCUT2D eigenvalue weighted by atomic mass is 10.1. The molecule has 2 amide bonds. The van der Waals surface area contributed by atoms with Gasteiger partial charge in [-0.1, -0.05) is 48.0 Å². The molecule has 0 bridgehead atoms. The zero-order chi connectivity index (χ0) is 21.3. The van der Waals surface area contributed by atoms with Crippen LogP contribution in [-0.2, 0) is 16.6 Å². The van der Waals surface area contributed by atoms with E-state index in [1.54, 1.807) is 16.4 Å². The van der Waals surface area contributed by atoms with E-state index in [0.717, 1.165) is 11.1 Å². The zero-order valence-electron chi connectivity index (χ0n) is 17.6. The van der Waals surface area contributed by atoms with Crippen LogP contribution in [0.25, 0.3) is 0 Å². The first kappa shape index (κ1) is 20.9. The number of amides is 2. The standard InChI is InChI=1S/C23H29N3O3S/c1-18-6-5-8-20(16-18)17-24-14-15-26(23(24)27)21-10-12-25(13-11-21)30(28,29)22-9-4-3-7-19(22)2/h3-9,16,21H,10-15,17H2,1-2H3. The van der Waals surface area contributed by atoms with Crippen molar-refractivity contribution in [2.75, 3.05) is 26.2 Å². The molecule has 2 aliphatic rings. The van der Waals surface area contributed by atoms with Crippen LogP contribution in [0.1, 0.15) is 29.5 Å². The predicted octanol–water partition coefficient (Wildman–Crippen LogP) is 3.39. The summed E-state index contributed by atoms with van der Waals surface area (Å²) in [6, 6.07) is 15.5. The van der Waals surface area contributed by atoms with Gasteiger partial charge in [-0.3, -0.25) is 0 Å². The lowest BCUT2D eigenvalue weighted by molar-refractivity contribution is 0.153. The van der Waals surface area contributed by atoms with Crippen molar-refractivity contribution in [3.8, 4) is 0 Å². The molecule has 2 aliphatic heterocycles. The van der Waals surface area contributed by atoms with Gasteiger partial charge in [0, 0.05) is 38.8 Å². The van der Waals surface area contributed by atoms with Gasteiger partial charge in [-0.15, -0.1) is 0 Å². The summed E-state index contributed by atoms with van der Waals surface area (Å²) in [4.78, 5) is 17.2. The summed E-state index contributed by atoms with van der Waals surface area (Å²) in [6.45, 7) is 6.82. The minimum atomic E-state index is -3.49. The van der Waals surface area contributed by atoms with Crippen LogP contribution in [0.15, 0.2) is 53.4 Å². The van der Waals surface area contributed by atoms with Crippen molar-refractivity contribution in [1.29, 1.82) is 0 Å². The lowest BCUT2D eigenvalue weighted by Crippen LogP contribution is -2.48. The Labute approximate surface area is 179 Å². The fourth-order valence-corrected chi connectivity index (χ4v) is 6.19. The van der Waals surface area contributed by atoms with Crippen molar-refractivity contribution in [1.82, 2.24) is 14.1 Å². The van der Waals surface area contributed by atoms with Gasteiger partial charge in [0.25, 0.3) is 0 Å². The first-order valence-electron chi connectivity index (χ1n) is 10.5. The molecule has 0 atom stereocenters. The minimum Gasteiger partial charge on any atom is -0.320 e. The molecule has 0 aromatic heterocycles. The molecule has 7 heteroatoms. The number of aryl methyl sites for hydroxylation is 2. The Balaban J connectivity index is 1.37. The Kier molecular flexibility index (Phi) is 5.84. The van der Waals surface area contributed by atoms with Crippen LogP contribution in [0.2, 0.25) is 0 Å². The summed E-state index contributed by atoms with van der Waals surface area (Å²) in [5.41, 5.74) is 3.10. The molecule has 0 radical (unpaired) electrons. The molecule has 2 fully saturated rings. The van der Waals surface area contributed by atoms with Gasteiger partial charge >= 0.3 is 6.03 Å². The number of hydrogen-bond acceptors (Lipinski definition) is 3. The normalized spacial score (nSPS) is 18.9. The molecular weight excluding hydrogens is 398 g/mol. The maximum atomic E-state index is 13.0. The van der Waals surface area contributed by atoms with E-state index in [-0.39, 0.29) is 12.1 Å². The molecule has 4 rings (SSSR count). The molecule has 0 unspecified atom stereocenters. The number of sulfonamides is 1. The van der Waals surface area contributed by atoms with Gasteiger partial charge in [0.1, 0.15) is 0 Å². The second-order valence-corrected chi connectivity index (χ2v) is 10.2. The van der Waals surface area contributed by atoms with Crippen molar-refractivity contribution in [2.45, 2.75) is 44.2 Å². The monoisotopic (exact) mass is 427 g/mol. The first-order chi connectivity index (χ1) is 14.4. The van der Waals surface area contributed by atoms with Crippen molar-refractivity contribution in [2.24, 2.45) is 0 Å². The van der Waals surface area contributed by atoms with E-state index in [0.29, 0.717) is 50.5 Å². The number of urea groups is 1. The molecule has 6 nitrogen and oxygen atoms in total. The van der Waals surface area contributed by atoms with Gasteiger partial charge in [0.2, 0.25) is 10.0 Å². The van der Waals surface area contributed by atoms with E-state index >= 15 is 0 Å². The van der Waals surface area contributed by atoms with E-state index in [1.165, 1.54) is 5.56 Å². The molecular formula is C23H29N3O3S. The van der Waals surface area contributed by atoms with Gasteiger partial charge in [0.05, 0.1) is 4.90 Å². The molecule has 0 spiro atoms. The van der Waals surface area contributed by atoms with Gasteiger partial charge in [-0.25, -0.2) is 13.2 Å². The van der Waals surface area contributed by atoms with Crippen LogP contribution in [0.3, 0.4) is 0 Å². The highest BCUT2D eigenvalue weighted by Crippen LogP contribution is 2.27. The van der Waals surface area contributed by atoms with E-state index in [1.807, 2.05) is 34.9 Å². The van der Waals surface area contributed by atoms with Crippen molar-refractivity contribution < 1.29 is 13.2 Å². The molecule has 2 aromatic carbocycles. The highest BCUT2D eigenvalue weighted by atomic mass is 32.2. The second kappa shape index (κ2) is 8.40. The molecule has 0 saturated carbocycles. The fourth-order valence-electron chi connectivity index (χ4n) is 4.50. The first-order valence-corrected chi connectivity index (χ1v) is 12.0. The van der Waals surface area contributed by atoms with Crippen LogP contribution in [-0.4, -0.2) is 60.8 Å². The van der Waals surface area contributed by atoms with Gasteiger partial charge < -0.3 is 9.80 Å². The summed E-state index contributed by atoms with van der Waals surface area (Å²) in [5, 5.41) is 0. The zero-order valence-corrected chi connectivity index (χ0v) is 18.4. The number of piperidine rings is 1.